The number of rotatable bonds is 4. The lowest BCUT2D eigenvalue weighted by Gasteiger charge is -2.08. The second-order valence-electron chi connectivity index (χ2n) is 4.64. The van der Waals surface area contributed by atoms with Gasteiger partial charge in [-0.25, -0.2) is 8.42 Å². The van der Waals surface area contributed by atoms with Crippen LogP contribution in [0.3, 0.4) is 0 Å². The fourth-order valence-electron chi connectivity index (χ4n) is 1.73. The van der Waals surface area contributed by atoms with E-state index in [4.69, 9.17) is 0 Å². The zero-order valence-electron chi connectivity index (χ0n) is 10.0. The van der Waals surface area contributed by atoms with Crippen LogP contribution in [-0.4, -0.2) is 25.2 Å². The fraction of sp³-hybridized carbons (Fsp3) is 0.750. The summed E-state index contributed by atoms with van der Waals surface area (Å²) in [6.07, 6.45) is 5.59. The van der Waals surface area contributed by atoms with Crippen LogP contribution in [0.25, 0.3) is 0 Å². The van der Waals surface area contributed by atoms with Gasteiger partial charge in [0.15, 0.2) is 15.6 Å². The van der Waals surface area contributed by atoms with E-state index < -0.39 is 9.84 Å². The fourth-order valence-corrected chi connectivity index (χ4v) is 2.75. The predicted molar refractivity (Wildman–Crippen MR) is 65.1 cm³/mol. The van der Waals surface area contributed by atoms with Gasteiger partial charge in [0.05, 0.1) is 11.0 Å². The summed E-state index contributed by atoms with van der Waals surface area (Å²) in [7, 11) is -2.98. The zero-order chi connectivity index (χ0) is 12.2. The van der Waals surface area contributed by atoms with Crippen molar-refractivity contribution < 1.29 is 13.2 Å². The molecule has 0 aliphatic heterocycles. The Morgan fingerprint density at radius 3 is 2.50 bits per heavy atom. The van der Waals surface area contributed by atoms with E-state index in [1.165, 1.54) is 0 Å². The lowest BCUT2D eigenvalue weighted by molar-refractivity contribution is -0.114. The van der Waals surface area contributed by atoms with Crippen LogP contribution in [0.5, 0.6) is 0 Å². The Labute approximate surface area is 97.8 Å². The molecule has 0 N–H and O–H groups in total. The van der Waals surface area contributed by atoms with Gasteiger partial charge >= 0.3 is 0 Å². The van der Waals surface area contributed by atoms with Crippen molar-refractivity contribution in [1.82, 2.24) is 0 Å². The van der Waals surface area contributed by atoms with Crippen molar-refractivity contribution >= 4 is 15.6 Å². The van der Waals surface area contributed by atoms with E-state index in [0.717, 1.165) is 24.8 Å². The first-order valence-electron chi connectivity index (χ1n) is 5.85. The molecule has 0 unspecified atom stereocenters. The summed E-state index contributed by atoms with van der Waals surface area (Å²) in [6.45, 7) is 3.39. The number of carbonyl (C=O) groups excluding carboxylic acids is 1. The molecular formula is C12H20O3S. The first-order chi connectivity index (χ1) is 7.42. The van der Waals surface area contributed by atoms with Crippen LogP contribution in [0.4, 0.5) is 0 Å². The molecule has 0 atom stereocenters. The maximum atomic E-state index is 11.6. The Bertz CT molecular complexity index is 377. The molecule has 1 aliphatic rings. The van der Waals surface area contributed by atoms with E-state index in [-0.39, 0.29) is 16.8 Å². The molecule has 16 heavy (non-hydrogen) atoms. The molecule has 0 radical (unpaired) electrons. The summed E-state index contributed by atoms with van der Waals surface area (Å²) in [5.41, 5.74) is 1.01. The third-order valence-corrected chi connectivity index (χ3v) is 5.17. The molecule has 0 saturated heterocycles. The third kappa shape index (κ3) is 4.08. The standard InChI is InChI=1S/C12H20O3S/c1-10(2)16(14,15)8-7-11-5-3-4-6-12(13)9-11/h9-10H,3-8H2,1-2H3. The first-order valence-corrected chi connectivity index (χ1v) is 7.57. The summed E-state index contributed by atoms with van der Waals surface area (Å²) >= 11 is 0. The second kappa shape index (κ2) is 5.62. The smallest absolute Gasteiger partial charge is 0.155 e. The highest BCUT2D eigenvalue weighted by Gasteiger charge is 2.17. The Morgan fingerprint density at radius 2 is 1.88 bits per heavy atom. The topological polar surface area (TPSA) is 51.2 Å². The molecular weight excluding hydrogens is 224 g/mol. The van der Waals surface area contributed by atoms with Gasteiger partial charge in [0.25, 0.3) is 0 Å². The lowest BCUT2D eigenvalue weighted by Crippen LogP contribution is -2.18. The number of hydrogen-bond donors (Lipinski definition) is 0. The van der Waals surface area contributed by atoms with Crippen LogP contribution >= 0.6 is 0 Å². The SMILES string of the molecule is CC(C)S(=O)(=O)CCC1=CC(=O)CCCC1. The molecule has 1 rings (SSSR count). The van der Waals surface area contributed by atoms with Gasteiger partial charge in [0, 0.05) is 6.42 Å². The van der Waals surface area contributed by atoms with E-state index >= 15 is 0 Å². The quantitative estimate of drug-likeness (QED) is 0.762. The first kappa shape index (κ1) is 13.4. The van der Waals surface area contributed by atoms with Crippen molar-refractivity contribution in [2.75, 3.05) is 5.75 Å². The van der Waals surface area contributed by atoms with Gasteiger partial charge in [-0.2, -0.15) is 0 Å². The van der Waals surface area contributed by atoms with Crippen LogP contribution in [0.2, 0.25) is 0 Å². The molecule has 0 spiro atoms. The van der Waals surface area contributed by atoms with E-state index in [1.54, 1.807) is 19.9 Å². The Balaban J connectivity index is 2.58. The van der Waals surface area contributed by atoms with Crippen molar-refractivity contribution in [2.24, 2.45) is 0 Å². The summed E-state index contributed by atoms with van der Waals surface area (Å²) in [5, 5.41) is -0.324. The molecule has 0 amide bonds. The number of carbonyl (C=O) groups is 1. The molecule has 1 aliphatic carbocycles. The molecule has 92 valence electrons. The molecule has 0 aromatic heterocycles. The van der Waals surface area contributed by atoms with Crippen molar-refractivity contribution in [3.05, 3.63) is 11.6 Å². The maximum Gasteiger partial charge on any atom is 0.155 e. The Morgan fingerprint density at radius 1 is 1.25 bits per heavy atom. The van der Waals surface area contributed by atoms with Crippen LogP contribution in [0.15, 0.2) is 11.6 Å². The van der Waals surface area contributed by atoms with Gasteiger partial charge < -0.3 is 0 Å². The normalized spacial score (nSPS) is 18.4. The summed E-state index contributed by atoms with van der Waals surface area (Å²) < 4.78 is 23.3. The monoisotopic (exact) mass is 244 g/mol. The Kier molecular flexibility index (Phi) is 4.71. The maximum absolute atomic E-state index is 11.6. The van der Waals surface area contributed by atoms with Crippen molar-refractivity contribution in [1.29, 1.82) is 0 Å². The summed E-state index contributed by atoms with van der Waals surface area (Å²) in [5.74, 6) is 0.318. The van der Waals surface area contributed by atoms with Crippen LogP contribution in [-0.2, 0) is 14.6 Å². The van der Waals surface area contributed by atoms with Crippen LogP contribution in [0.1, 0.15) is 46.0 Å². The molecule has 0 bridgehead atoms. The van der Waals surface area contributed by atoms with E-state index in [2.05, 4.69) is 0 Å². The van der Waals surface area contributed by atoms with Gasteiger partial charge in [-0.05, 0) is 45.6 Å². The van der Waals surface area contributed by atoms with Crippen molar-refractivity contribution in [2.45, 2.75) is 51.2 Å². The van der Waals surface area contributed by atoms with Gasteiger partial charge in [0.1, 0.15) is 0 Å². The van der Waals surface area contributed by atoms with E-state index in [0.29, 0.717) is 12.8 Å². The number of hydrogen-bond acceptors (Lipinski definition) is 3. The molecule has 0 aromatic rings. The molecule has 0 fully saturated rings. The number of allylic oxidation sites excluding steroid dienone is 2. The zero-order valence-corrected chi connectivity index (χ0v) is 10.8. The van der Waals surface area contributed by atoms with E-state index in [9.17, 15) is 13.2 Å². The minimum absolute atomic E-state index is 0.148. The largest absolute Gasteiger partial charge is 0.295 e. The molecule has 4 heteroatoms. The summed E-state index contributed by atoms with van der Waals surface area (Å²) in [4.78, 5) is 11.3. The highest BCUT2D eigenvalue weighted by atomic mass is 32.2. The molecule has 0 saturated carbocycles. The van der Waals surface area contributed by atoms with Crippen molar-refractivity contribution in [3.63, 3.8) is 0 Å². The number of ketones is 1. The lowest BCUT2D eigenvalue weighted by atomic mass is 10.1. The third-order valence-electron chi connectivity index (χ3n) is 2.96. The van der Waals surface area contributed by atoms with Gasteiger partial charge in [-0.3, -0.25) is 4.79 Å². The minimum Gasteiger partial charge on any atom is -0.295 e. The van der Waals surface area contributed by atoms with E-state index in [1.807, 2.05) is 0 Å². The Hall–Kier alpha value is -0.640. The highest BCUT2D eigenvalue weighted by molar-refractivity contribution is 7.91. The molecule has 3 nitrogen and oxygen atoms in total. The molecule has 0 heterocycles. The van der Waals surface area contributed by atoms with Crippen LogP contribution in [0, 0.1) is 0 Å². The molecule has 0 aromatic carbocycles. The van der Waals surface area contributed by atoms with Gasteiger partial charge in [-0.1, -0.05) is 5.57 Å². The highest BCUT2D eigenvalue weighted by Crippen LogP contribution is 2.19. The average molecular weight is 244 g/mol. The van der Waals surface area contributed by atoms with Crippen LogP contribution < -0.4 is 0 Å². The number of sulfone groups is 1. The average Bonchev–Trinajstić information content (AvgIpc) is 2.39. The second-order valence-corrected chi connectivity index (χ2v) is 7.32. The van der Waals surface area contributed by atoms with Gasteiger partial charge in [-0.15, -0.1) is 0 Å². The predicted octanol–water partition coefficient (Wildman–Crippen LogP) is 2.27. The summed E-state index contributed by atoms with van der Waals surface area (Å²) in [6, 6.07) is 0. The van der Waals surface area contributed by atoms with Crippen molar-refractivity contribution in [3.8, 4) is 0 Å². The van der Waals surface area contributed by atoms with Gasteiger partial charge in [0.2, 0.25) is 0 Å². The minimum atomic E-state index is -2.98.